The Morgan fingerprint density at radius 3 is 2.59 bits per heavy atom. The molecule has 1 heterocycles. The molecular weight excluding hydrogens is 421 g/mol. The number of amides is 1. The number of carbonyl (C=O) groups excluding carboxylic acids is 2. The summed E-state index contributed by atoms with van der Waals surface area (Å²) in [5.41, 5.74) is 0.370. The lowest BCUT2D eigenvalue weighted by molar-refractivity contribution is -0.123. The Labute approximate surface area is 175 Å². The predicted molar refractivity (Wildman–Crippen MR) is 110 cm³/mol. The first-order chi connectivity index (χ1) is 13.8. The number of hydrogen-bond donors (Lipinski definition) is 1. The van der Waals surface area contributed by atoms with Gasteiger partial charge in [-0.2, -0.15) is 0 Å². The van der Waals surface area contributed by atoms with Crippen LogP contribution in [0.15, 0.2) is 36.4 Å². The zero-order valence-corrected chi connectivity index (χ0v) is 17.3. The molecule has 1 amide bonds. The molecule has 1 unspecified atom stereocenters. The molecule has 0 aliphatic heterocycles. The number of methoxy groups -OCH3 is 2. The summed E-state index contributed by atoms with van der Waals surface area (Å²) in [6.07, 6.45) is -1.11. The van der Waals surface area contributed by atoms with Crippen molar-refractivity contribution in [2.24, 2.45) is 0 Å². The van der Waals surface area contributed by atoms with Crippen LogP contribution in [0.25, 0.3) is 10.1 Å². The SMILES string of the molecule is COc1ccc(OC)c(NC(=O)C(C)OC(=O)c2sc3cc(F)ccc3c2Cl)c1. The van der Waals surface area contributed by atoms with Gasteiger partial charge in [0.05, 0.1) is 24.9 Å². The topological polar surface area (TPSA) is 73.9 Å². The minimum absolute atomic E-state index is 0.103. The molecule has 152 valence electrons. The van der Waals surface area contributed by atoms with Crippen molar-refractivity contribution in [3.05, 3.63) is 52.1 Å². The summed E-state index contributed by atoms with van der Waals surface area (Å²) in [5, 5.41) is 3.35. The van der Waals surface area contributed by atoms with E-state index < -0.39 is 23.8 Å². The highest BCUT2D eigenvalue weighted by Crippen LogP contribution is 2.36. The van der Waals surface area contributed by atoms with E-state index in [1.54, 1.807) is 18.2 Å². The van der Waals surface area contributed by atoms with Gasteiger partial charge in [-0.3, -0.25) is 4.79 Å². The highest BCUT2D eigenvalue weighted by atomic mass is 35.5. The molecule has 1 aromatic heterocycles. The number of rotatable bonds is 6. The van der Waals surface area contributed by atoms with Gasteiger partial charge < -0.3 is 19.5 Å². The van der Waals surface area contributed by atoms with Crippen LogP contribution in [-0.4, -0.2) is 32.2 Å². The van der Waals surface area contributed by atoms with Gasteiger partial charge >= 0.3 is 5.97 Å². The molecule has 0 saturated heterocycles. The number of thiophene rings is 1. The van der Waals surface area contributed by atoms with Crippen molar-refractivity contribution in [3.63, 3.8) is 0 Å². The zero-order valence-electron chi connectivity index (χ0n) is 15.7. The maximum absolute atomic E-state index is 13.4. The Kier molecular flexibility index (Phi) is 6.24. The molecule has 2 aromatic carbocycles. The van der Waals surface area contributed by atoms with Crippen LogP contribution in [0.2, 0.25) is 5.02 Å². The zero-order chi connectivity index (χ0) is 21.1. The monoisotopic (exact) mass is 437 g/mol. The van der Waals surface area contributed by atoms with E-state index in [-0.39, 0.29) is 9.90 Å². The number of anilines is 1. The Balaban J connectivity index is 1.75. The first-order valence-electron chi connectivity index (χ1n) is 8.45. The normalized spacial score (nSPS) is 11.8. The highest BCUT2D eigenvalue weighted by molar-refractivity contribution is 7.21. The van der Waals surface area contributed by atoms with E-state index in [1.165, 1.54) is 39.3 Å². The molecule has 9 heteroatoms. The number of halogens is 2. The van der Waals surface area contributed by atoms with E-state index in [0.29, 0.717) is 27.3 Å². The van der Waals surface area contributed by atoms with Crippen molar-refractivity contribution >= 4 is 50.6 Å². The summed E-state index contributed by atoms with van der Waals surface area (Å²) in [6.45, 7) is 1.43. The second kappa shape index (κ2) is 8.67. The number of fused-ring (bicyclic) bond motifs is 1. The van der Waals surface area contributed by atoms with Gasteiger partial charge in [0.15, 0.2) is 6.10 Å². The van der Waals surface area contributed by atoms with Crippen LogP contribution in [-0.2, 0) is 9.53 Å². The number of esters is 1. The van der Waals surface area contributed by atoms with E-state index in [4.69, 9.17) is 25.8 Å². The molecule has 0 aliphatic rings. The van der Waals surface area contributed by atoms with Crippen molar-refractivity contribution < 1.29 is 28.2 Å². The molecule has 3 aromatic rings. The van der Waals surface area contributed by atoms with E-state index >= 15 is 0 Å². The second-order valence-electron chi connectivity index (χ2n) is 5.99. The highest BCUT2D eigenvalue weighted by Gasteiger charge is 2.24. The third kappa shape index (κ3) is 4.44. The van der Waals surface area contributed by atoms with Crippen LogP contribution in [0.5, 0.6) is 11.5 Å². The first-order valence-corrected chi connectivity index (χ1v) is 9.65. The van der Waals surface area contributed by atoms with Gasteiger partial charge in [0, 0.05) is 16.2 Å². The fourth-order valence-electron chi connectivity index (χ4n) is 2.58. The summed E-state index contributed by atoms with van der Waals surface area (Å²) in [7, 11) is 2.96. The van der Waals surface area contributed by atoms with Crippen molar-refractivity contribution in [2.75, 3.05) is 19.5 Å². The number of hydrogen-bond acceptors (Lipinski definition) is 6. The Hall–Kier alpha value is -2.84. The molecular formula is C20H17ClFNO5S. The third-order valence-corrected chi connectivity index (χ3v) is 5.73. The van der Waals surface area contributed by atoms with Gasteiger partial charge in [-0.15, -0.1) is 11.3 Å². The van der Waals surface area contributed by atoms with E-state index in [0.717, 1.165) is 11.3 Å². The van der Waals surface area contributed by atoms with Crippen molar-refractivity contribution in [1.82, 2.24) is 0 Å². The van der Waals surface area contributed by atoms with Crippen LogP contribution in [0.3, 0.4) is 0 Å². The summed E-state index contributed by atoms with van der Waals surface area (Å²) in [4.78, 5) is 25.1. The number of carbonyl (C=O) groups is 2. The average Bonchev–Trinajstić information content (AvgIpc) is 3.03. The summed E-state index contributed by atoms with van der Waals surface area (Å²) >= 11 is 7.23. The molecule has 1 atom stereocenters. The fourth-order valence-corrected chi connectivity index (χ4v) is 4.00. The number of benzene rings is 2. The van der Waals surface area contributed by atoms with Gasteiger partial charge in [-0.05, 0) is 37.3 Å². The lowest BCUT2D eigenvalue weighted by Gasteiger charge is -2.15. The van der Waals surface area contributed by atoms with E-state index in [9.17, 15) is 14.0 Å². The summed E-state index contributed by atoms with van der Waals surface area (Å²) in [5.74, 6) is -0.817. The van der Waals surface area contributed by atoms with Crippen molar-refractivity contribution in [3.8, 4) is 11.5 Å². The summed E-state index contributed by atoms with van der Waals surface area (Å²) in [6, 6.07) is 8.95. The molecule has 0 radical (unpaired) electrons. The third-order valence-electron chi connectivity index (χ3n) is 4.09. The molecule has 0 saturated carbocycles. The Morgan fingerprint density at radius 2 is 1.90 bits per heavy atom. The van der Waals surface area contributed by atoms with Crippen LogP contribution >= 0.6 is 22.9 Å². The van der Waals surface area contributed by atoms with Gasteiger partial charge in [0.1, 0.15) is 22.2 Å². The van der Waals surface area contributed by atoms with Crippen LogP contribution in [0, 0.1) is 5.82 Å². The molecule has 0 bridgehead atoms. The molecule has 0 spiro atoms. The first kappa shape index (κ1) is 20.9. The van der Waals surface area contributed by atoms with Gasteiger partial charge in [-0.25, -0.2) is 9.18 Å². The summed E-state index contributed by atoms with van der Waals surface area (Å²) < 4.78 is 29.5. The average molecular weight is 438 g/mol. The van der Waals surface area contributed by atoms with Crippen LogP contribution in [0.4, 0.5) is 10.1 Å². The minimum Gasteiger partial charge on any atom is -0.497 e. The molecule has 0 fully saturated rings. The maximum Gasteiger partial charge on any atom is 0.350 e. The lowest BCUT2D eigenvalue weighted by atomic mass is 10.2. The second-order valence-corrected chi connectivity index (χ2v) is 7.42. The van der Waals surface area contributed by atoms with Crippen molar-refractivity contribution in [2.45, 2.75) is 13.0 Å². The predicted octanol–water partition coefficient (Wildman–Crippen LogP) is 4.90. The molecule has 3 rings (SSSR count). The maximum atomic E-state index is 13.4. The Morgan fingerprint density at radius 1 is 1.14 bits per heavy atom. The largest absolute Gasteiger partial charge is 0.497 e. The molecule has 29 heavy (non-hydrogen) atoms. The van der Waals surface area contributed by atoms with E-state index in [1.807, 2.05) is 0 Å². The van der Waals surface area contributed by atoms with Crippen molar-refractivity contribution in [1.29, 1.82) is 0 Å². The lowest BCUT2D eigenvalue weighted by Crippen LogP contribution is -2.30. The van der Waals surface area contributed by atoms with Gasteiger partial charge in [0.2, 0.25) is 0 Å². The molecule has 6 nitrogen and oxygen atoms in total. The standard InChI is InChI=1S/C20H17ClFNO5S/c1-10(19(24)23-14-9-12(26-2)5-7-15(14)27-3)28-20(25)18-17(21)13-6-4-11(22)8-16(13)29-18/h4-10H,1-3H3,(H,23,24). The quantitative estimate of drug-likeness (QED) is 0.555. The molecule has 1 N–H and O–H groups in total. The van der Waals surface area contributed by atoms with Crippen LogP contribution < -0.4 is 14.8 Å². The van der Waals surface area contributed by atoms with Gasteiger partial charge in [0.25, 0.3) is 5.91 Å². The molecule has 0 aliphatic carbocycles. The van der Waals surface area contributed by atoms with Gasteiger partial charge in [-0.1, -0.05) is 11.6 Å². The number of ether oxygens (including phenoxy) is 3. The van der Waals surface area contributed by atoms with E-state index in [2.05, 4.69) is 5.32 Å². The Bertz CT molecular complexity index is 1080. The smallest absolute Gasteiger partial charge is 0.350 e. The van der Waals surface area contributed by atoms with Crippen LogP contribution in [0.1, 0.15) is 16.6 Å². The fraction of sp³-hybridized carbons (Fsp3) is 0.200. The minimum atomic E-state index is -1.11. The number of nitrogens with one attached hydrogen (secondary N) is 1.